The van der Waals surface area contributed by atoms with E-state index >= 15 is 0 Å². The Hall–Kier alpha value is -4.10. The van der Waals surface area contributed by atoms with Gasteiger partial charge in [0.05, 0.1) is 48.9 Å². The molecule has 0 spiro atoms. The van der Waals surface area contributed by atoms with Crippen LogP contribution in [0.1, 0.15) is 32.6 Å². The van der Waals surface area contributed by atoms with Crippen molar-refractivity contribution in [1.82, 2.24) is 0 Å². The third-order valence-electron chi connectivity index (χ3n) is 5.98. The van der Waals surface area contributed by atoms with Gasteiger partial charge in [0.15, 0.2) is 0 Å². The highest BCUT2D eigenvalue weighted by atomic mass is 16.6. The fourth-order valence-corrected chi connectivity index (χ4v) is 4.36. The van der Waals surface area contributed by atoms with Crippen LogP contribution in [-0.4, -0.2) is 68.2 Å². The van der Waals surface area contributed by atoms with Crippen LogP contribution in [0.15, 0.2) is 11.6 Å². The first-order valence-electron chi connectivity index (χ1n) is 10.3. The summed E-state index contributed by atoms with van der Waals surface area (Å²) in [6, 6.07) is 0. The zero-order valence-corrected chi connectivity index (χ0v) is 18.2. The molecule has 3 aliphatic rings. The van der Waals surface area contributed by atoms with Crippen molar-refractivity contribution in [1.29, 1.82) is 0 Å². The molecule has 0 radical (unpaired) electrons. The molecule has 0 amide bonds. The molecule has 3 rings (SSSR count). The lowest BCUT2D eigenvalue weighted by molar-refractivity contribution is -0.160. The molecule has 0 saturated carbocycles. The molecule has 6 atom stereocenters. The maximum Gasteiger partial charge on any atom is 0.321 e. The summed E-state index contributed by atoms with van der Waals surface area (Å²) in [6.45, 7) is 1.74. The van der Waals surface area contributed by atoms with Gasteiger partial charge in [0.25, 0.3) is 0 Å². The zero-order valence-electron chi connectivity index (χ0n) is 18.2. The predicted molar refractivity (Wildman–Crippen MR) is 106 cm³/mol. The maximum absolute atomic E-state index is 11.6. The van der Waals surface area contributed by atoms with Crippen molar-refractivity contribution in [3.8, 4) is 0 Å². The summed E-state index contributed by atoms with van der Waals surface area (Å²) >= 11 is 0. The highest BCUT2D eigenvalue weighted by Crippen LogP contribution is 2.43. The third kappa shape index (κ3) is 6.49. The van der Waals surface area contributed by atoms with Gasteiger partial charge in [-0.05, 0) is 19.3 Å². The first-order valence-corrected chi connectivity index (χ1v) is 10.3. The van der Waals surface area contributed by atoms with Crippen LogP contribution in [0.3, 0.4) is 0 Å². The first kappa shape index (κ1) is 27.1. The first-order chi connectivity index (χ1) is 16.2. The van der Waals surface area contributed by atoms with Crippen LogP contribution in [-0.2, 0) is 47.8 Å². The number of ether oxygens (including phenoxy) is 2. The van der Waals surface area contributed by atoms with Crippen LogP contribution in [0.4, 0.5) is 0 Å². The van der Waals surface area contributed by atoms with Gasteiger partial charge in [-0.15, -0.1) is 0 Å². The number of hydrogen-bond donors (Lipinski definition) is 4. The van der Waals surface area contributed by atoms with E-state index in [1.165, 1.54) is 0 Å². The van der Waals surface area contributed by atoms with Crippen LogP contribution < -0.4 is 0 Å². The summed E-state index contributed by atoms with van der Waals surface area (Å²) in [5, 5.41) is 34.1. The van der Waals surface area contributed by atoms with E-state index in [1.54, 1.807) is 13.0 Å². The number of carboxylic acids is 4. The lowest BCUT2D eigenvalue weighted by Crippen LogP contribution is -2.33. The number of esters is 4. The standard InChI is InChI=1S/C13H12O6.C8H10O8/c1-5-2-6(7-4-9(14)18-11(7)15)3-8-10(5)13(17)19-12(8)16;9-5(10)1-3(7(13)14)4(8(15)16)2-6(11)12/h2,6-8,10H,3-4H2,1H3;3-4H,1-2H2,(H,9,10)(H,11,12)(H,13,14)(H,15,16). The van der Waals surface area contributed by atoms with Crippen molar-refractivity contribution < 1.29 is 68.3 Å². The molecule has 2 aliphatic heterocycles. The van der Waals surface area contributed by atoms with Gasteiger partial charge in [-0.2, -0.15) is 0 Å². The topological polar surface area (TPSA) is 236 Å². The van der Waals surface area contributed by atoms with Crippen LogP contribution in [0, 0.1) is 35.5 Å². The summed E-state index contributed by atoms with van der Waals surface area (Å²) in [5.74, 6) is -13.8. The maximum atomic E-state index is 11.6. The van der Waals surface area contributed by atoms with Gasteiger partial charge in [0.2, 0.25) is 0 Å². The van der Waals surface area contributed by atoms with Gasteiger partial charge >= 0.3 is 47.8 Å². The fourth-order valence-electron chi connectivity index (χ4n) is 4.36. The summed E-state index contributed by atoms with van der Waals surface area (Å²) in [6.07, 6.45) is 0.317. The quantitative estimate of drug-likeness (QED) is 0.191. The van der Waals surface area contributed by atoms with E-state index < -0.39 is 90.2 Å². The van der Waals surface area contributed by atoms with Gasteiger partial charge in [-0.3, -0.25) is 38.4 Å². The van der Waals surface area contributed by atoms with Gasteiger partial charge in [-0.25, -0.2) is 0 Å². The lowest BCUT2D eigenvalue weighted by atomic mass is 9.72. The molecule has 0 aromatic heterocycles. The van der Waals surface area contributed by atoms with E-state index in [4.69, 9.17) is 20.4 Å². The lowest BCUT2D eigenvalue weighted by Gasteiger charge is -2.27. The van der Waals surface area contributed by atoms with E-state index in [2.05, 4.69) is 9.47 Å². The number of allylic oxidation sites excluding steroid dienone is 1. The number of carbonyl (C=O) groups excluding carboxylic acids is 4. The molecule has 0 aromatic rings. The van der Waals surface area contributed by atoms with E-state index in [0.717, 1.165) is 5.57 Å². The summed E-state index contributed by atoms with van der Waals surface area (Å²) < 4.78 is 9.17. The molecule has 2 heterocycles. The molecule has 2 saturated heterocycles. The molecular formula is C21H22O14. The van der Waals surface area contributed by atoms with E-state index in [0.29, 0.717) is 6.42 Å². The van der Waals surface area contributed by atoms with E-state index in [9.17, 15) is 38.4 Å². The number of carboxylic acid groups (broad SMARTS) is 4. The van der Waals surface area contributed by atoms with E-state index in [1.807, 2.05) is 0 Å². The number of hydrogen-bond acceptors (Lipinski definition) is 10. The molecule has 6 unspecified atom stereocenters. The van der Waals surface area contributed by atoms with Crippen molar-refractivity contribution in [3.63, 3.8) is 0 Å². The molecule has 0 aromatic carbocycles. The Kier molecular flexibility index (Phi) is 8.44. The van der Waals surface area contributed by atoms with Crippen molar-refractivity contribution in [2.45, 2.75) is 32.6 Å². The Labute approximate surface area is 196 Å². The van der Waals surface area contributed by atoms with Gasteiger partial charge < -0.3 is 29.9 Å². The van der Waals surface area contributed by atoms with Crippen molar-refractivity contribution in [2.24, 2.45) is 35.5 Å². The Morgan fingerprint density at radius 2 is 1.31 bits per heavy atom. The van der Waals surface area contributed by atoms with Crippen molar-refractivity contribution >= 4 is 47.8 Å². The Bertz CT molecular complexity index is 975. The number of fused-ring (bicyclic) bond motifs is 1. The van der Waals surface area contributed by atoms with Gasteiger partial charge in [-0.1, -0.05) is 11.6 Å². The number of aliphatic carboxylic acids is 4. The van der Waals surface area contributed by atoms with Crippen molar-refractivity contribution in [2.75, 3.05) is 0 Å². The molecule has 0 bridgehead atoms. The molecule has 190 valence electrons. The zero-order chi connectivity index (χ0) is 26.6. The average molecular weight is 498 g/mol. The second-order valence-electron chi connectivity index (χ2n) is 8.32. The second kappa shape index (κ2) is 10.9. The minimum absolute atomic E-state index is 0.0354. The highest BCUT2D eigenvalue weighted by molar-refractivity contribution is 5.99. The van der Waals surface area contributed by atoms with Crippen LogP contribution in [0.2, 0.25) is 0 Å². The molecule has 2 fully saturated rings. The number of rotatable bonds is 8. The second-order valence-corrected chi connectivity index (χ2v) is 8.32. The molecule has 1 aliphatic carbocycles. The fraction of sp³-hybridized carbons (Fsp3) is 0.524. The van der Waals surface area contributed by atoms with Crippen LogP contribution in [0.25, 0.3) is 0 Å². The Morgan fingerprint density at radius 1 is 0.829 bits per heavy atom. The number of cyclic esters (lactones) is 4. The van der Waals surface area contributed by atoms with Gasteiger partial charge in [0, 0.05) is 0 Å². The van der Waals surface area contributed by atoms with Crippen molar-refractivity contribution in [3.05, 3.63) is 11.6 Å². The smallest absolute Gasteiger partial charge is 0.321 e. The largest absolute Gasteiger partial charge is 0.481 e. The predicted octanol–water partition coefficient (Wildman–Crippen LogP) is -0.304. The highest BCUT2D eigenvalue weighted by Gasteiger charge is 2.51. The molecule has 14 heteroatoms. The van der Waals surface area contributed by atoms with E-state index in [-0.39, 0.29) is 12.3 Å². The molecule has 14 nitrogen and oxygen atoms in total. The minimum Gasteiger partial charge on any atom is -0.481 e. The summed E-state index contributed by atoms with van der Waals surface area (Å²) in [4.78, 5) is 87.8. The average Bonchev–Trinajstić information content (AvgIpc) is 3.21. The normalized spacial score (nSPS) is 26.8. The Morgan fingerprint density at radius 3 is 1.71 bits per heavy atom. The van der Waals surface area contributed by atoms with Gasteiger partial charge in [0.1, 0.15) is 0 Å². The molecule has 35 heavy (non-hydrogen) atoms. The van der Waals surface area contributed by atoms with Crippen LogP contribution in [0.5, 0.6) is 0 Å². The van der Waals surface area contributed by atoms with Crippen LogP contribution >= 0.6 is 0 Å². The Balaban J connectivity index is 0.000000252. The summed E-state index contributed by atoms with van der Waals surface area (Å²) in [5.41, 5.74) is 0.726. The molecular weight excluding hydrogens is 476 g/mol. The minimum atomic E-state index is -1.76. The summed E-state index contributed by atoms with van der Waals surface area (Å²) in [7, 11) is 0. The SMILES string of the molecule is CC1=CC(C2CC(=O)OC2=O)CC2C(=O)OC(=O)C12.O=C(O)CC(C(=O)O)C(CC(=O)O)C(=O)O. The molecule has 4 N–H and O–H groups in total. The monoisotopic (exact) mass is 498 g/mol. The number of carbonyl (C=O) groups is 8. The third-order valence-corrected chi connectivity index (χ3v) is 5.98.